The van der Waals surface area contributed by atoms with Gasteiger partial charge in [-0.3, -0.25) is 19.8 Å². The zero-order chi connectivity index (χ0) is 20.1. The molecular formula is C20H25N3O5. The number of nitrogens with zero attached hydrogens (tertiary/aromatic N) is 1. The van der Waals surface area contributed by atoms with Gasteiger partial charge in [-0.15, -0.1) is 0 Å². The van der Waals surface area contributed by atoms with Gasteiger partial charge in [-0.1, -0.05) is 56.5 Å². The van der Waals surface area contributed by atoms with Gasteiger partial charge in [0.05, 0.1) is 6.42 Å². The van der Waals surface area contributed by atoms with E-state index in [1.54, 1.807) is 0 Å². The molecule has 150 valence electrons. The fourth-order valence-electron chi connectivity index (χ4n) is 3.73. The first kappa shape index (κ1) is 19.9. The van der Waals surface area contributed by atoms with E-state index in [0.29, 0.717) is 17.9 Å². The minimum Gasteiger partial charge on any atom is -0.455 e. The summed E-state index contributed by atoms with van der Waals surface area (Å²) in [5, 5.41) is 3.40. The summed E-state index contributed by atoms with van der Waals surface area (Å²) in [6, 6.07) is 8.87. The molecule has 0 bridgehead atoms. The predicted molar refractivity (Wildman–Crippen MR) is 99.8 cm³/mol. The van der Waals surface area contributed by atoms with E-state index in [9.17, 15) is 19.2 Å². The standard InChI is InChI=1S/C20H25N3O5/c1-14(15-8-4-2-5-9-15)12-17(25)28-13-16(24)22-23-18(26)20(21-19(23)27)10-6-3-7-11-20/h2,4-5,8-9,14H,3,6-7,10-13H2,1H3,(H,21,27)(H,22,24)/t14-/m1/s1. The Balaban J connectivity index is 1.47. The van der Waals surface area contributed by atoms with Crippen LogP contribution in [0.1, 0.15) is 56.9 Å². The first-order valence-corrected chi connectivity index (χ1v) is 9.58. The number of benzene rings is 1. The molecule has 1 spiro atoms. The number of imide groups is 1. The number of ether oxygens (including phenoxy) is 1. The summed E-state index contributed by atoms with van der Waals surface area (Å²) in [7, 11) is 0. The summed E-state index contributed by atoms with van der Waals surface area (Å²) in [6.07, 6.45) is 3.99. The van der Waals surface area contributed by atoms with Gasteiger partial charge in [-0.25, -0.2) is 4.79 Å². The van der Waals surface area contributed by atoms with Crippen LogP contribution in [-0.4, -0.2) is 41.0 Å². The molecule has 1 atom stereocenters. The van der Waals surface area contributed by atoms with Crippen LogP contribution in [0.15, 0.2) is 30.3 Å². The molecule has 2 fully saturated rings. The molecule has 8 nitrogen and oxygen atoms in total. The molecule has 1 aromatic rings. The third-order valence-electron chi connectivity index (χ3n) is 5.31. The molecule has 1 aliphatic heterocycles. The number of amides is 4. The first-order chi connectivity index (χ1) is 13.4. The highest BCUT2D eigenvalue weighted by Gasteiger charge is 2.52. The Kier molecular flexibility index (Phi) is 5.96. The van der Waals surface area contributed by atoms with Gasteiger partial charge < -0.3 is 10.1 Å². The Labute approximate surface area is 163 Å². The number of hydrazine groups is 1. The maximum atomic E-state index is 12.6. The predicted octanol–water partition coefficient (Wildman–Crippen LogP) is 2.01. The lowest BCUT2D eigenvalue weighted by Crippen LogP contribution is -2.51. The van der Waals surface area contributed by atoms with E-state index in [-0.39, 0.29) is 12.3 Å². The van der Waals surface area contributed by atoms with Crippen molar-refractivity contribution in [1.82, 2.24) is 15.8 Å². The molecule has 4 amide bonds. The van der Waals surface area contributed by atoms with Gasteiger partial charge in [0.15, 0.2) is 6.61 Å². The largest absolute Gasteiger partial charge is 0.455 e. The third kappa shape index (κ3) is 4.32. The van der Waals surface area contributed by atoms with Crippen LogP contribution in [0.4, 0.5) is 4.79 Å². The maximum absolute atomic E-state index is 12.6. The topological polar surface area (TPSA) is 105 Å². The van der Waals surface area contributed by atoms with Crippen LogP contribution in [0.2, 0.25) is 0 Å². The monoisotopic (exact) mass is 387 g/mol. The zero-order valence-corrected chi connectivity index (χ0v) is 15.9. The van der Waals surface area contributed by atoms with Crippen LogP contribution in [0.5, 0.6) is 0 Å². The average molecular weight is 387 g/mol. The lowest BCUT2D eigenvalue weighted by atomic mass is 9.82. The van der Waals surface area contributed by atoms with Crippen molar-refractivity contribution in [2.45, 2.75) is 56.9 Å². The van der Waals surface area contributed by atoms with Crippen LogP contribution < -0.4 is 10.7 Å². The summed E-state index contributed by atoms with van der Waals surface area (Å²) in [5.41, 5.74) is 2.33. The molecule has 3 rings (SSSR count). The van der Waals surface area contributed by atoms with Crippen molar-refractivity contribution in [3.8, 4) is 0 Å². The number of carbonyl (C=O) groups excluding carboxylic acids is 4. The van der Waals surface area contributed by atoms with E-state index in [1.165, 1.54) is 0 Å². The molecule has 1 heterocycles. The lowest BCUT2D eigenvalue weighted by Gasteiger charge is -2.30. The van der Waals surface area contributed by atoms with Crippen LogP contribution >= 0.6 is 0 Å². The van der Waals surface area contributed by atoms with Crippen LogP contribution in [0.25, 0.3) is 0 Å². The summed E-state index contributed by atoms with van der Waals surface area (Å²) in [5.74, 6) is -1.74. The number of rotatable bonds is 6. The molecule has 0 radical (unpaired) electrons. The van der Waals surface area contributed by atoms with Crippen LogP contribution in [0.3, 0.4) is 0 Å². The fraction of sp³-hybridized carbons (Fsp3) is 0.500. The fourth-order valence-corrected chi connectivity index (χ4v) is 3.73. The number of urea groups is 1. The van der Waals surface area contributed by atoms with Crippen molar-refractivity contribution < 1.29 is 23.9 Å². The maximum Gasteiger partial charge on any atom is 0.344 e. The minimum atomic E-state index is -0.912. The van der Waals surface area contributed by atoms with E-state index in [2.05, 4.69) is 10.7 Å². The molecule has 8 heteroatoms. The van der Waals surface area contributed by atoms with Gasteiger partial charge >= 0.3 is 12.0 Å². The summed E-state index contributed by atoms with van der Waals surface area (Å²) in [4.78, 5) is 48.7. The smallest absolute Gasteiger partial charge is 0.344 e. The number of hydrogen-bond donors (Lipinski definition) is 2. The number of carbonyl (C=O) groups is 4. The highest BCUT2D eigenvalue weighted by atomic mass is 16.5. The van der Waals surface area contributed by atoms with Crippen molar-refractivity contribution in [2.75, 3.05) is 6.61 Å². The van der Waals surface area contributed by atoms with Gasteiger partial charge in [0.2, 0.25) is 0 Å². The van der Waals surface area contributed by atoms with Crippen molar-refractivity contribution in [2.24, 2.45) is 0 Å². The molecule has 1 aliphatic carbocycles. The molecule has 1 saturated heterocycles. The highest BCUT2D eigenvalue weighted by molar-refractivity contribution is 6.08. The Hall–Kier alpha value is -2.90. The number of esters is 1. The normalized spacial score (nSPS) is 19.2. The van der Waals surface area contributed by atoms with Gasteiger partial charge in [0.1, 0.15) is 5.54 Å². The molecule has 2 aliphatic rings. The van der Waals surface area contributed by atoms with Gasteiger partial charge in [0, 0.05) is 0 Å². The Morgan fingerprint density at radius 2 is 1.86 bits per heavy atom. The molecule has 2 N–H and O–H groups in total. The van der Waals surface area contributed by atoms with Gasteiger partial charge in [-0.2, -0.15) is 5.01 Å². The summed E-state index contributed by atoms with van der Waals surface area (Å²) >= 11 is 0. The van der Waals surface area contributed by atoms with Crippen molar-refractivity contribution in [3.63, 3.8) is 0 Å². The second kappa shape index (κ2) is 8.41. The van der Waals surface area contributed by atoms with E-state index in [1.807, 2.05) is 37.3 Å². The van der Waals surface area contributed by atoms with E-state index in [0.717, 1.165) is 24.8 Å². The Morgan fingerprint density at radius 1 is 1.18 bits per heavy atom. The van der Waals surface area contributed by atoms with E-state index < -0.39 is 36.0 Å². The molecular weight excluding hydrogens is 362 g/mol. The zero-order valence-electron chi connectivity index (χ0n) is 15.9. The molecule has 1 aromatic carbocycles. The molecule has 28 heavy (non-hydrogen) atoms. The van der Waals surface area contributed by atoms with Crippen LogP contribution in [0, 0.1) is 0 Å². The van der Waals surface area contributed by atoms with Gasteiger partial charge in [0.25, 0.3) is 11.8 Å². The minimum absolute atomic E-state index is 0.0474. The van der Waals surface area contributed by atoms with Crippen LogP contribution in [-0.2, 0) is 19.1 Å². The van der Waals surface area contributed by atoms with Gasteiger partial charge in [-0.05, 0) is 24.3 Å². The number of nitrogens with one attached hydrogen (secondary N) is 2. The van der Waals surface area contributed by atoms with Crippen molar-refractivity contribution in [3.05, 3.63) is 35.9 Å². The quantitative estimate of drug-likeness (QED) is 0.574. The average Bonchev–Trinajstić information content (AvgIpc) is 2.91. The third-order valence-corrected chi connectivity index (χ3v) is 5.31. The number of hydrogen-bond acceptors (Lipinski definition) is 5. The second-order valence-corrected chi connectivity index (χ2v) is 7.43. The lowest BCUT2D eigenvalue weighted by molar-refractivity contribution is -0.151. The molecule has 1 saturated carbocycles. The van der Waals surface area contributed by atoms with Crippen molar-refractivity contribution in [1.29, 1.82) is 0 Å². The first-order valence-electron chi connectivity index (χ1n) is 9.58. The van der Waals surface area contributed by atoms with Crippen molar-refractivity contribution >= 4 is 23.8 Å². The van der Waals surface area contributed by atoms with E-state index >= 15 is 0 Å². The SMILES string of the molecule is C[C@H](CC(=O)OCC(=O)NN1C(=O)NC2(CCCCC2)C1=O)c1ccccc1. The van der Waals surface area contributed by atoms with E-state index in [4.69, 9.17) is 4.74 Å². The summed E-state index contributed by atoms with van der Waals surface area (Å²) in [6.45, 7) is 1.35. The molecule has 0 aromatic heterocycles. The Bertz CT molecular complexity index is 758. The highest BCUT2D eigenvalue weighted by Crippen LogP contribution is 2.32. The Morgan fingerprint density at radius 3 is 2.54 bits per heavy atom. The summed E-state index contributed by atoms with van der Waals surface area (Å²) < 4.78 is 4.99. The second-order valence-electron chi connectivity index (χ2n) is 7.43. The molecule has 0 unspecified atom stereocenters.